The quantitative estimate of drug-likeness (QED) is 0.370. The molecule has 1 saturated heterocycles. The number of ketones is 1. The molecule has 0 aromatic carbocycles. The Morgan fingerprint density at radius 1 is 0.950 bits per heavy atom. The number of nitrogens with zero attached hydrogens (tertiary/aromatic N) is 1. The first-order valence-electron chi connectivity index (χ1n) is 15.4. The normalized spacial score (nSPS) is 33.3. The van der Waals surface area contributed by atoms with E-state index in [9.17, 15) is 29.1 Å². The lowest BCUT2D eigenvalue weighted by Gasteiger charge is -2.32. The average Bonchev–Trinajstić information content (AvgIpc) is 3.86. The van der Waals surface area contributed by atoms with Gasteiger partial charge in [0.15, 0.2) is 5.78 Å². The van der Waals surface area contributed by atoms with Crippen molar-refractivity contribution in [1.82, 2.24) is 20.9 Å². The number of carboxylic acids is 1. The van der Waals surface area contributed by atoms with Crippen LogP contribution in [0.1, 0.15) is 96.3 Å². The van der Waals surface area contributed by atoms with E-state index in [0.29, 0.717) is 32.2 Å². The van der Waals surface area contributed by atoms with Crippen molar-refractivity contribution in [3.63, 3.8) is 0 Å². The lowest BCUT2D eigenvalue weighted by Crippen LogP contribution is -2.58. The van der Waals surface area contributed by atoms with Gasteiger partial charge in [0, 0.05) is 18.4 Å². The molecule has 2 aliphatic heterocycles. The molecule has 0 spiro atoms. The zero-order valence-electron chi connectivity index (χ0n) is 23.4. The van der Waals surface area contributed by atoms with Gasteiger partial charge in [-0.05, 0) is 70.1 Å². The predicted molar refractivity (Wildman–Crippen MR) is 147 cm³/mol. The first-order chi connectivity index (χ1) is 19.3. The fourth-order valence-electron chi connectivity index (χ4n) is 6.93. The molecule has 4 N–H and O–H groups in total. The van der Waals surface area contributed by atoms with Crippen LogP contribution in [-0.2, 0) is 19.2 Å². The lowest BCUT2D eigenvalue weighted by molar-refractivity contribution is -0.145. The molecule has 2 heterocycles. The lowest BCUT2D eigenvalue weighted by atomic mass is 9.81. The van der Waals surface area contributed by atoms with Crippen LogP contribution in [0.5, 0.6) is 0 Å². The van der Waals surface area contributed by atoms with E-state index < -0.39 is 41.6 Å². The third kappa shape index (κ3) is 6.36. The highest BCUT2D eigenvalue weighted by molar-refractivity contribution is 5.97. The number of carbonyl (C=O) groups excluding carboxylic acids is 4. The molecule has 220 valence electrons. The van der Waals surface area contributed by atoms with Crippen molar-refractivity contribution in [2.45, 2.75) is 120 Å². The van der Waals surface area contributed by atoms with E-state index in [4.69, 9.17) is 0 Å². The molecular formula is C30H44N4O6. The van der Waals surface area contributed by atoms with E-state index in [-0.39, 0.29) is 29.4 Å². The minimum atomic E-state index is -1.31. The van der Waals surface area contributed by atoms with E-state index in [1.807, 2.05) is 12.2 Å². The Morgan fingerprint density at radius 2 is 1.68 bits per heavy atom. The molecule has 40 heavy (non-hydrogen) atoms. The maximum absolute atomic E-state index is 13.8. The average molecular weight is 557 g/mol. The number of fused-ring (bicyclic) bond motifs is 2. The van der Waals surface area contributed by atoms with E-state index in [1.165, 1.54) is 4.90 Å². The molecule has 5 rings (SSSR count). The minimum Gasteiger partial charge on any atom is -0.479 e. The van der Waals surface area contributed by atoms with Gasteiger partial charge in [0.05, 0.1) is 6.04 Å². The highest BCUT2D eigenvalue weighted by Crippen LogP contribution is 2.45. The first kappa shape index (κ1) is 28.6. The molecule has 10 nitrogen and oxygen atoms in total. The van der Waals surface area contributed by atoms with Gasteiger partial charge in [0.25, 0.3) is 0 Å². The molecule has 3 aliphatic carbocycles. The molecule has 0 bridgehead atoms. The molecule has 4 amide bonds. The summed E-state index contributed by atoms with van der Waals surface area (Å²) in [4.78, 5) is 67.1. The van der Waals surface area contributed by atoms with Gasteiger partial charge in [-0.2, -0.15) is 0 Å². The molecule has 1 unspecified atom stereocenters. The van der Waals surface area contributed by atoms with Gasteiger partial charge in [-0.3, -0.25) is 14.4 Å². The second-order valence-corrected chi connectivity index (χ2v) is 12.6. The third-order valence-corrected chi connectivity index (χ3v) is 9.61. The highest BCUT2D eigenvalue weighted by Gasteiger charge is 2.61. The van der Waals surface area contributed by atoms with E-state index in [1.54, 1.807) is 0 Å². The van der Waals surface area contributed by atoms with Gasteiger partial charge in [-0.15, -0.1) is 0 Å². The summed E-state index contributed by atoms with van der Waals surface area (Å²) >= 11 is 0. The maximum atomic E-state index is 13.8. The summed E-state index contributed by atoms with van der Waals surface area (Å²) < 4.78 is 0. The van der Waals surface area contributed by atoms with Gasteiger partial charge >= 0.3 is 12.0 Å². The van der Waals surface area contributed by atoms with Crippen LogP contribution in [0.4, 0.5) is 4.79 Å². The van der Waals surface area contributed by atoms with Crippen molar-refractivity contribution >= 4 is 29.6 Å². The Morgan fingerprint density at radius 3 is 2.40 bits per heavy atom. The summed E-state index contributed by atoms with van der Waals surface area (Å²) in [6, 6.07) is -2.62. The third-order valence-electron chi connectivity index (χ3n) is 9.61. The maximum Gasteiger partial charge on any atom is 0.330 e. The molecule has 5 aliphatic rings. The van der Waals surface area contributed by atoms with Gasteiger partial charge < -0.3 is 26.0 Å². The molecule has 0 aromatic rings. The van der Waals surface area contributed by atoms with Crippen molar-refractivity contribution in [2.24, 2.45) is 17.8 Å². The molecule has 0 aromatic heterocycles. The number of hydrogen-bond acceptors (Lipinski definition) is 5. The van der Waals surface area contributed by atoms with Crippen LogP contribution < -0.4 is 16.0 Å². The Hall–Kier alpha value is -2.91. The first-order valence-corrected chi connectivity index (χ1v) is 15.4. The van der Waals surface area contributed by atoms with Crippen molar-refractivity contribution in [3.05, 3.63) is 12.2 Å². The number of Topliss-reactive ketones (excluding diaryl/α,β-unsaturated/α-hetero) is 1. The molecular weight excluding hydrogens is 512 g/mol. The second-order valence-electron chi connectivity index (χ2n) is 12.6. The fraction of sp³-hybridized carbons (Fsp3) is 0.767. The van der Waals surface area contributed by atoms with Gasteiger partial charge in [-0.25, -0.2) is 9.59 Å². The van der Waals surface area contributed by atoms with Crippen LogP contribution in [-0.4, -0.2) is 69.8 Å². The molecule has 3 saturated carbocycles. The van der Waals surface area contributed by atoms with Crippen LogP contribution in [0.3, 0.4) is 0 Å². The van der Waals surface area contributed by atoms with Crippen molar-refractivity contribution in [3.8, 4) is 0 Å². The molecule has 10 heteroatoms. The van der Waals surface area contributed by atoms with Crippen LogP contribution in [0.15, 0.2) is 12.2 Å². The van der Waals surface area contributed by atoms with Crippen LogP contribution in [0, 0.1) is 17.8 Å². The number of allylic oxidation sites excluding steroid dienone is 1. The topological polar surface area (TPSA) is 145 Å². The highest BCUT2D eigenvalue weighted by atomic mass is 16.4. The van der Waals surface area contributed by atoms with Crippen LogP contribution in [0.25, 0.3) is 0 Å². The van der Waals surface area contributed by atoms with E-state index in [2.05, 4.69) is 16.0 Å². The Bertz CT molecular complexity index is 1040. The van der Waals surface area contributed by atoms with Crippen LogP contribution >= 0.6 is 0 Å². The SMILES string of the molecule is O=C(N[C@H]1CCCCC/C=C\C2C[C@@]2(C(=O)O)NC(=O)[C@@H]2CCCN2C1=O)N[C@H](C(=O)C1CC1)C1CCCCC1. The Kier molecular flexibility index (Phi) is 8.80. The minimum absolute atomic E-state index is 0.0328. The summed E-state index contributed by atoms with van der Waals surface area (Å²) in [7, 11) is 0. The van der Waals surface area contributed by atoms with Crippen molar-refractivity contribution in [1.29, 1.82) is 0 Å². The summed E-state index contributed by atoms with van der Waals surface area (Å²) in [5, 5.41) is 18.5. The number of aliphatic carboxylic acids is 1. The van der Waals surface area contributed by atoms with Gasteiger partial charge in [-0.1, -0.05) is 44.3 Å². The number of urea groups is 1. The van der Waals surface area contributed by atoms with E-state index in [0.717, 1.165) is 70.6 Å². The van der Waals surface area contributed by atoms with Crippen molar-refractivity contribution in [2.75, 3.05) is 6.54 Å². The van der Waals surface area contributed by atoms with E-state index >= 15 is 0 Å². The smallest absolute Gasteiger partial charge is 0.330 e. The summed E-state index contributed by atoms with van der Waals surface area (Å²) in [6.45, 7) is 0.380. The number of carboxylic acid groups (broad SMARTS) is 1. The number of rotatable bonds is 6. The molecule has 4 fully saturated rings. The second kappa shape index (κ2) is 12.3. The number of nitrogens with one attached hydrogen (secondary N) is 3. The fourth-order valence-corrected chi connectivity index (χ4v) is 6.93. The summed E-state index contributed by atoms with van der Waals surface area (Å²) in [5.41, 5.74) is -1.31. The van der Waals surface area contributed by atoms with Gasteiger partial charge in [0.1, 0.15) is 17.6 Å². The number of carbonyl (C=O) groups is 5. The summed E-state index contributed by atoms with van der Waals surface area (Å²) in [5.74, 6) is -1.80. The monoisotopic (exact) mass is 556 g/mol. The molecule has 0 radical (unpaired) electrons. The number of hydrogen-bond donors (Lipinski definition) is 4. The zero-order valence-corrected chi connectivity index (χ0v) is 23.4. The zero-order chi connectivity index (χ0) is 28.3. The van der Waals surface area contributed by atoms with Crippen molar-refractivity contribution < 1.29 is 29.1 Å². The standard InChI is InChI=1S/C30H44N4O6/c35-25(20-15-16-20)24(19-10-5-4-6-11-19)32-29(40)31-22-13-8-3-1-2-7-12-21-18-30(21,28(38)39)33-26(36)23-14-9-17-34(23)27(22)37/h7,12,19-24H,1-6,8-11,13-18H2,(H,33,36)(H,38,39)(H2,31,32,40)/b12-7-/t21?,22-,23-,24-,30+/m0/s1. The number of amides is 4. The Labute approximate surface area is 236 Å². The Balaban J connectivity index is 1.29. The predicted octanol–water partition coefficient (Wildman–Crippen LogP) is 3.05. The van der Waals surface area contributed by atoms with Gasteiger partial charge in [0.2, 0.25) is 11.8 Å². The summed E-state index contributed by atoms with van der Waals surface area (Å²) in [6.07, 6.45) is 15.9. The molecule has 5 atom stereocenters. The van der Waals surface area contributed by atoms with Crippen LogP contribution in [0.2, 0.25) is 0 Å². The largest absolute Gasteiger partial charge is 0.479 e.